The molecule has 6 heteroatoms. The second-order valence-electron chi connectivity index (χ2n) is 5.72. The molecule has 1 unspecified atom stereocenters. The van der Waals surface area contributed by atoms with E-state index in [1.165, 1.54) is 11.3 Å². The number of hydrogen-bond acceptors (Lipinski definition) is 5. The maximum atomic E-state index is 5.89. The monoisotopic (exact) mass is 310 g/mol. The first-order valence-electron chi connectivity index (χ1n) is 7.67. The van der Waals surface area contributed by atoms with Crippen LogP contribution in [0.3, 0.4) is 0 Å². The lowest BCUT2D eigenvalue weighted by atomic mass is 10.2. The lowest BCUT2D eigenvalue weighted by Crippen LogP contribution is -2.39. The number of ether oxygens (including phenoxy) is 1. The van der Waals surface area contributed by atoms with E-state index in [0.29, 0.717) is 6.61 Å². The molecule has 0 N–H and O–H groups in total. The summed E-state index contributed by atoms with van der Waals surface area (Å²) < 4.78 is 13.1. The van der Waals surface area contributed by atoms with Gasteiger partial charge in [0.15, 0.2) is 0 Å². The number of pyridine rings is 1. The molecule has 0 saturated carbocycles. The Bertz CT molecular complexity index is 739. The van der Waals surface area contributed by atoms with Crippen LogP contribution in [0.2, 0.25) is 0 Å². The maximum absolute atomic E-state index is 5.89. The first-order chi connectivity index (χ1) is 11.4. The summed E-state index contributed by atoms with van der Waals surface area (Å²) in [5.41, 5.74) is 2.39. The lowest BCUT2D eigenvalue weighted by molar-refractivity contribution is 0.127. The first kappa shape index (κ1) is 14.0. The van der Waals surface area contributed by atoms with E-state index in [1.807, 2.05) is 24.4 Å². The van der Waals surface area contributed by atoms with Crippen molar-refractivity contribution in [3.05, 3.63) is 66.6 Å². The van der Waals surface area contributed by atoms with Crippen molar-refractivity contribution in [1.29, 1.82) is 0 Å². The summed E-state index contributed by atoms with van der Waals surface area (Å²) >= 11 is 0. The van der Waals surface area contributed by atoms with Gasteiger partial charge in [-0.25, -0.2) is 0 Å². The topological polar surface area (TPSA) is 56.3 Å². The molecule has 1 aliphatic rings. The minimum absolute atomic E-state index is 0.181. The van der Waals surface area contributed by atoms with Crippen LogP contribution < -0.4 is 4.74 Å². The third kappa shape index (κ3) is 3.12. The maximum Gasteiger partial charge on any atom is 0.137 e. The molecule has 1 atom stereocenters. The molecule has 3 aromatic rings. The average molecular weight is 310 g/mol. The van der Waals surface area contributed by atoms with E-state index >= 15 is 0 Å². The van der Waals surface area contributed by atoms with Gasteiger partial charge < -0.3 is 9.15 Å². The van der Waals surface area contributed by atoms with Gasteiger partial charge >= 0.3 is 0 Å². The van der Waals surface area contributed by atoms with Crippen LogP contribution in [0.25, 0.3) is 0 Å². The predicted octanol–water partition coefficient (Wildman–Crippen LogP) is 2.51. The molecule has 23 heavy (non-hydrogen) atoms. The summed E-state index contributed by atoms with van der Waals surface area (Å²) in [5.74, 6) is 0.785. The summed E-state index contributed by atoms with van der Waals surface area (Å²) in [5, 5.41) is 4.46. The Morgan fingerprint density at radius 1 is 1.26 bits per heavy atom. The van der Waals surface area contributed by atoms with Crippen LogP contribution in [-0.4, -0.2) is 32.8 Å². The Hall–Kier alpha value is -2.60. The number of rotatable bonds is 5. The molecule has 0 spiro atoms. The van der Waals surface area contributed by atoms with Crippen molar-refractivity contribution in [2.45, 2.75) is 19.1 Å². The fourth-order valence-corrected chi connectivity index (χ4v) is 2.97. The normalized spacial score (nSPS) is 17.8. The Kier molecular flexibility index (Phi) is 3.81. The van der Waals surface area contributed by atoms with Gasteiger partial charge in [-0.1, -0.05) is 0 Å². The highest BCUT2D eigenvalue weighted by Crippen LogP contribution is 2.23. The van der Waals surface area contributed by atoms with Gasteiger partial charge in [0.05, 0.1) is 30.5 Å². The molecular weight excluding hydrogens is 292 g/mol. The largest absolute Gasteiger partial charge is 0.490 e. The average Bonchev–Trinajstić information content (AvgIpc) is 3.25. The molecule has 118 valence electrons. The Balaban J connectivity index is 1.47. The van der Waals surface area contributed by atoms with Gasteiger partial charge in [-0.2, -0.15) is 5.10 Å². The molecule has 0 aromatic carbocycles. The van der Waals surface area contributed by atoms with Crippen LogP contribution in [0.15, 0.2) is 59.8 Å². The van der Waals surface area contributed by atoms with E-state index < -0.39 is 0 Å². The van der Waals surface area contributed by atoms with Gasteiger partial charge in [0, 0.05) is 37.6 Å². The van der Waals surface area contributed by atoms with Crippen molar-refractivity contribution in [1.82, 2.24) is 19.7 Å². The third-order valence-corrected chi connectivity index (χ3v) is 4.02. The van der Waals surface area contributed by atoms with Crippen molar-refractivity contribution in [2.75, 3.05) is 13.2 Å². The number of nitrogens with zero attached hydrogens (tertiary/aromatic N) is 4. The Morgan fingerprint density at radius 2 is 2.26 bits per heavy atom. The van der Waals surface area contributed by atoms with Crippen LogP contribution >= 0.6 is 0 Å². The summed E-state index contributed by atoms with van der Waals surface area (Å²) in [4.78, 5) is 6.47. The first-order valence-corrected chi connectivity index (χ1v) is 7.67. The second-order valence-corrected chi connectivity index (χ2v) is 5.72. The number of fused-ring (bicyclic) bond motifs is 1. The van der Waals surface area contributed by atoms with Gasteiger partial charge in [-0.15, -0.1) is 0 Å². The molecule has 4 heterocycles. The smallest absolute Gasteiger partial charge is 0.137 e. The molecule has 0 radical (unpaired) electrons. The third-order valence-electron chi connectivity index (χ3n) is 4.02. The van der Waals surface area contributed by atoms with Gasteiger partial charge in [-0.05, 0) is 24.3 Å². The fourth-order valence-electron chi connectivity index (χ4n) is 2.97. The number of hydrogen-bond donors (Lipinski definition) is 0. The minimum Gasteiger partial charge on any atom is -0.490 e. The zero-order valence-electron chi connectivity index (χ0n) is 12.7. The highest BCUT2D eigenvalue weighted by Gasteiger charge is 2.26. The summed E-state index contributed by atoms with van der Waals surface area (Å²) in [7, 11) is 0. The van der Waals surface area contributed by atoms with E-state index in [9.17, 15) is 0 Å². The summed E-state index contributed by atoms with van der Waals surface area (Å²) in [6.07, 6.45) is 8.84. The predicted molar refractivity (Wildman–Crippen MR) is 83.8 cm³/mol. The van der Waals surface area contributed by atoms with Crippen molar-refractivity contribution < 1.29 is 9.15 Å². The number of aromatic nitrogens is 3. The van der Waals surface area contributed by atoms with Gasteiger partial charge in [-0.3, -0.25) is 14.6 Å². The van der Waals surface area contributed by atoms with Gasteiger partial charge in [0.1, 0.15) is 12.4 Å². The fraction of sp³-hybridized carbons (Fsp3) is 0.294. The van der Waals surface area contributed by atoms with Crippen LogP contribution in [0.1, 0.15) is 17.3 Å². The molecule has 0 saturated heterocycles. The Labute approximate surface area is 134 Å². The standard InChI is InChI=1S/C17H18N4O2/c1-2-17(8-18-5-1)23-13-16-11-20(9-14-4-7-22-12-14)10-15-3-6-19-21(15)16/h1-8,12,16H,9-11,13H2. The van der Waals surface area contributed by atoms with Crippen molar-refractivity contribution in [2.24, 2.45) is 0 Å². The molecule has 0 amide bonds. The minimum atomic E-state index is 0.181. The second kappa shape index (κ2) is 6.26. The SMILES string of the molecule is c1cncc(OCC2CN(Cc3ccoc3)Cc3ccnn32)c1. The molecule has 1 aliphatic heterocycles. The van der Waals surface area contributed by atoms with Crippen LogP contribution in [-0.2, 0) is 13.1 Å². The van der Waals surface area contributed by atoms with Crippen LogP contribution in [0.4, 0.5) is 0 Å². The van der Waals surface area contributed by atoms with Crippen molar-refractivity contribution in [3.8, 4) is 5.75 Å². The lowest BCUT2D eigenvalue weighted by Gasteiger charge is -2.33. The molecule has 4 rings (SSSR count). The molecule has 6 nitrogen and oxygen atoms in total. The highest BCUT2D eigenvalue weighted by molar-refractivity contribution is 5.16. The molecule has 0 fully saturated rings. The summed E-state index contributed by atoms with van der Waals surface area (Å²) in [6.45, 7) is 3.21. The zero-order chi connectivity index (χ0) is 15.5. The van der Waals surface area contributed by atoms with Crippen LogP contribution in [0, 0.1) is 0 Å². The van der Waals surface area contributed by atoms with E-state index in [1.54, 1.807) is 24.9 Å². The molecule has 0 aliphatic carbocycles. The van der Waals surface area contributed by atoms with Crippen molar-refractivity contribution >= 4 is 0 Å². The van der Waals surface area contributed by atoms with E-state index in [2.05, 4.69) is 25.7 Å². The molecule has 0 bridgehead atoms. The quantitative estimate of drug-likeness (QED) is 0.725. The van der Waals surface area contributed by atoms with E-state index in [0.717, 1.165) is 25.4 Å². The molecule has 3 aromatic heterocycles. The van der Waals surface area contributed by atoms with Gasteiger partial charge in [0.25, 0.3) is 0 Å². The van der Waals surface area contributed by atoms with Crippen molar-refractivity contribution in [3.63, 3.8) is 0 Å². The zero-order valence-corrected chi connectivity index (χ0v) is 12.7. The number of furan rings is 1. The van der Waals surface area contributed by atoms with Gasteiger partial charge in [0.2, 0.25) is 0 Å². The van der Waals surface area contributed by atoms with E-state index in [-0.39, 0.29) is 6.04 Å². The highest BCUT2D eigenvalue weighted by atomic mass is 16.5. The van der Waals surface area contributed by atoms with Crippen LogP contribution in [0.5, 0.6) is 5.75 Å². The molecular formula is C17H18N4O2. The summed E-state index contributed by atoms with van der Waals surface area (Å²) in [6, 6.07) is 8.05. The Morgan fingerprint density at radius 3 is 3.09 bits per heavy atom. The van der Waals surface area contributed by atoms with E-state index in [4.69, 9.17) is 9.15 Å².